The van der Waals surface area contributed by atoms with Gasteiger partial charge in [-0.05, 0) is 30.4 Å². The van der Waals surface area contributed by atoms with Gasteiger partial charge in [-0.3, -0.25) is 4.79 Å². The molecule has 1 heterocycles. The summed E-state index contributed by atoms with van der Waals surface area (Å²) < 4.78 is 5.72. The van der Waals surface area contributed by atoms with Gasteiger partial charge in [0.2, 0.25) is 0 Å². The third-order valence-electron chi connectivity index (χ3n) is 2.95. The highest BCUT2D eigenvalue weighted by Gasteiger charge is 2.25. The number of carbonyl (C=O) groups excluding carboxylic acids is 1. The topological polar surface area (TPSA) is 42.4 Å². The number of ether oxygens (including phenoxy) is 1. The van der Waals surface area contributed by atoms with E-state index in [2.05, 4.69) is 18.8 Å². The molecule has 1 aliphatic carbocycles. The number of aromatic nitrogens is 1. The van der Waals surface area contributed by atoms with Crippen LogP contribution in [0.3, 0.4) is 0 Å². The monoisotopic (exact) mass is 248 g/mol. The number of carbonyl (C=O) groups is 1. The van der Waals surface area contributed by atoms with Gasteiger partial charge in [-0.15, -0.1) is 0 Å². The van der Waals surface area contributed by atoms with Crippen LogP contribution in [0, 0.1) is 0 Å². The number of pyridine rings is 1. The number of amides is 1. The largest absolute Gasteiger partial charge is 0.489 e. The van der Waals surface area contributed by atoms with Gasteiger partial charge in [-0.2, -0.15) is 0 Å². The molecule has 1 aromatic heterocycles. The molecule has 1 amide bonds. The van der Waals surface area contributed by atoms with Crippen molar-refractivity contribution >= 4 is 5.91 Å². The van der Waals surface area contributed by atoms with Gasteiger partial charge in [0.25, 0.3) is 5.91 Å². The molecule has 4 heteroatoms. The Kier molecular flexibility index (Phi) is 3.55. The van der Waals surface area contributed by atoms with Gasteiger partial charge >= 0.3 is 0 Å². The second kappa shape index (κ2) is 4.96. The molecular formula is C14H20N2O2. The summed E-state index contributed by atoms with van der Waals surface area (Å²) in [5.41, 5.74) is 1.48. The van der Waals surface area contributed by atoms with Crippen LogP contribution in [0.25, 0.3) is 0 Å². The van der Waals surface area contributed by atoms with E-state index in [1.165, 1.54) is 0 Å². The van der Waals surface area contributed by atoms with E-state index in [4.69, 9.17) is 4.74 Å². The molecule has 1 aromatic rings. The lowest BCUT2D eigenvalue weighted by molar-refractivity contribution is 0.0820. The van der Waals surface area contributed by atoms with Crippen LogP contribution in [0.2, 0.25) is 0 Å². The van der Waals surface area contributed by atoms with Gasteiger partial charge in [0.1, 0.15) is 11.4 Å². The maximum atomic E-state index is 12.0. The van der Waals surface area contributed by atoms with Crippen molar-refractivity contribution in [1.29, 1.82) is 0 Å². The summed E-state index contributed by atoms with van der Waals surface area (Å²) in [7, 11) is 3.48. The van der Waals surface area contributed by atoms with E-state index in [1.807, 2.05) is 6.07 Å². The second-order valence-corrected chi connectivity index (χ2v) is 5.28. The van der Waals surface area contributed by atoms with Gasteiger partial charge in [-0.25, -0.2) is 4.98 Å². The molecule has 0 aromatic carbocycles. The van der Waals surface area contributed by atoms with E-state index in [-0.39, 0.29) is 11.8 Å². The average Bonchev–Trinajstić information content (AvgIpc) is 3.11. The molecule has 0 bridgehead atoms. The normalized spacial score (nSPS) is 14.7. The molecule has 0 N–H and O–H groups in total. The van der Waals surface area contributed by atoms with Crippen molar-refractivity contribution < 1.29 is 9.53 Å². The van der Waals surface area contributed by atoms with E-state index in [9.17, 15) is 4.79 Å². The highest BCUT2D eigenvalue weighted by Crippen LogP contribution is 2.29. The molecule has 0 radical (unpaired) electrons. The Morgan fingerprint density at radius 3 is 2.61 bits per heavy atom. The zero-order valence-electron chi connectivity index (χ0n) is 11.4. The maximum Gasteiger partial charge on any atom is 0.272 e. The summed E-state index contributed by atoms with van der Waals surface area (Å²) in [6.07, 6.45) is 4.24. The molecule has 0 spiro atoms. The van der Waals surface area contributed by atoms with Crippen LogP contribution in [0.15, 0.2) is 12.3 Å². The fourth-order valence-electron chi connectivity index (χ4n) is 1.73. The zero-order valence-corrected chi connectivity index (χ0v) is 11.4. The molecule has 2 rings (SSSR count). The molecule has 18 heavy (non-hydrogen) atoms. The Labute approximate surface area is 108 Å². The smallest absolute Gasteiger partial charge is 0.272 e. The second-order valence-electron chi connectivity index (χ2n) is 5.28. The molecule has 4 nitrogen and oxygen atoms in total. The predicted octanol–water partition coefficient (Wildman–Crippen LogP) is 2.45. The summed E-state index contributed by atoms with van der Waals surface area (Å²) in [5, 5.41) is 0. The van der Waals surface area contributed by atoms with E-state index in [1.54, 1.807) is 25.2 Å². The van der Waals surface area contributed by atoms with E-state index < -0.39 is 0 Å². The Bertz CT molecular complexity index is 451. The van der Waals surface area contributed by atoms with E-state index in [0.717, 1.165) is 24.2 Å². The van der Waals surface area contributed by atoms with Crippen molar-refractivity contribution in [2.45, 2.75) is 38.7 Å². The van der Waals surface area contributed by atoms with Gasteiger partial charge in [0, 0.05) is 14.1 Å². The fraction of sp³-hybridized carbons (Fsp3) is 0.571. The number of rotatable bonds is 4. The predicted molar refractivity (Wildman–Crippen MR) is 70.0 cm³/mol. The van der Waals surface area contributed by atoms with Crippen LogP contribution >= 0.6 is 0 Å². The zero-order chi connectivity index (χ0) is 13.3. The van der Waals surface area contributed by atoms with E-state index in [0.29, 0.717) is 11.8 Å². The average molecular weight is 248 g/mol. The molecule has 1 aliphatic rings. The third-order valence-corrected chi connectivity index (χ3v) is 2.95. The van der Waals surface area contributed by atoms with Crippen LogP contribution in [0.1, 0.15) is 48.7 Å². The SMILES string of the molecule is CC(C)c1cc(OC2CC2)cnc1C(=O)N(C)C. The molecule has 98 valence electrons. The highest BCUT2D eigenvalue weighted by atomic mass is 16.5. The van der Waals surface area contributed by atoms with Crippen molar-refractivity contribution in [3.8, 4) is 5.75 Å². The summed E-state index contributed by atoms with van der Waals surface area (Å²) in [6.45, 7) is 4.12. The fourth-order valence-corrected chi connectivity index (χ4v) is 1.73. The quantitative estimate of drug-likeness (QED) is 0.822. The number of nitrogens with zero attached hydrogens (tertiary/aromatic N) is 2. The summed E-state index contributed by atoms with van der Waals surface area (Å²) in [4.78, 5) is 17.9. The first kappa shape index (κ1) is 12.9. The van der Waals surface area contributed by atoms with Gasteiger partial charge in [-0.1, -0.05) is 13.8 Å². The third kappa shape index (κ3) is 2.81. The van der Waals surface area contributed by atoms with E-state index >= 15 is 0 Å². The van der Waals surface area contributed by atoms with Gasteiger partial charge in [0.15, 0.2) is 0 Å². The minimum atomic E-state index is -0.0586. The molecule has 0 atom stereocenters. The molecule has 1 saturated carbocycles. The molecule has 0 saturated heterocycles. The van der Waals surface area contributed by atoms with Gasteiger partial charge in [0.05, 0.1) is 12.3 Å². The first-order valence-electron chi connectivity index (χ1n) is 6.37. The summed E-state index contributed by atoms with van der Waals surface area (Å²) in [5.74, 6) is 0.965. The Morgan fingerprint density at radius 1 is 1.44 bits per heavy atom. The minimum absolute atomic E-state index is 0.0586. The van der Waals surface area contributed by atoms with Crippen molar-refractivity contribution in [2.75, 3.05) is 14.1 Å². The Balaban J connectivity index is 2.30. The standard InChI is InChI=1S/C14H20N2O2/c1-9(2)12-7-11(18-10-5-6-10)8-15-13(12)14(17)16(3)4/h7-10H,5-6H2,1-4H3. The molecule has 0 aliphatic heterocycles. The highest BCUT2D eigenvalue weighted by molar-refractivity contribution is 5.93. The lowest BCUT2D eigenvalue weighted by atomic mass is 10.0. The number of hydrogen-bond donors (Lipinski definition) is 0. The molecule has 1 fully saturated rings. The Morgan fingerprint density at radius 2 is 2.11 bits per heavy atom. The van der Waals surface area contributed by atoms with Crippen molar-refractivity contribution in [3.63, 3.8) is 0 Å². The van der Waals surface area contributed by atoms with Crippen molar-refractivity contribution in [3.05, 3.63) is 23.5 Å². The lowest BCUT2D eigenvalue weighted by Gasteiger charge is -2.16. The van der Waals surface area contributed by atoms with Crippen molar-refractivity contribution in [1.82, 2.24) is 9.88 Å². The summed E-state index contributed by atoms with van der Waals surface area (Å²) in [6, 6.07) is 1.95. The van der Waals surface area contributed by atoms with Crippen LogP contribution in [0.5, 0.6) is 5.75 Å². The molecule has 0 unspecified atom stereocenters. The maximum absolute atomic E-state index is 12.0. The van der Waals surface area contributed by atoms with Crippen LogP contribution in [-0.2, 0) is 0 Å². The summed E-state index contributed by atoms with van der Waals surface area (Å²) >= 11 is 0. The van der Waals surface area contributed by atoms with Crippen LogP contribution in [-0.4, -0.2) is 36.0 Å². The minimum Gasteiger partial charge on any atom is -0.489 e. The Hall–Kier alpha value is -1.58. The van der Waals surface area contributed by atoms with Crippen LogP contribution < -0.4 is 4.74 Å². The van der Waals surface area contributed by atoms with Crippen molar-refractivity contribution in [2.24, 2.45) is 0 Å². The van der Waals surface area contributed by atoms with Crippen LogP contribution in [0.4, 0.5) is 0 Å². The lowest BCUT2D eigenvalue weighted by Crippen LogP contribution is -2.24. The molecular weight excluding hydrogens is 228 g/mol. The van der Waals surface area contributed by atoms with Gasteiger partial charge < -0.3 is 9.64 Å². The number of hydrogen-bond acceptors (Lipinski definition) is 3. The first-order chi connectivity index (χ1) is 8.49. The first-order valence-corrected chi connectivity index (χ1v) is 6.37.